The van der Waals surface area contributed by atoms with Crippen LogP contribution in [0.1, 0.15) is 15.9 Å². The second kappa shape index (κ2) is 9.65. The van der Waals surface area contributed by atoms with Gasteiger partial charge in [0.05, 0.1) is 22.9 Å². The van der Waals surface area contributed by atoms with Gasteiger partial charge in [-0.15, -0.1) is 8.78 Å². The molecule has 34 heavy (non-hydrogen) atoms. The lowest BCUT2D eigenvalue weighted by molar-refractivity contribution is -0.0964. The first-order chi connectivity index (χ1) is 16.3. The largest absolute Gasteiger partial charge is 0.487 e. The maximum Gasteiger partial charge on any atom is 0.487 e. The van der Waals surface area contributed by atoms with Crippen LogP contribution in [0.2, 0.25) is 0 Å². The zero-order valence-corrected chi connectivity index (χ0v) is 18.1. The Morgan fingerprint density at radius 3 is 2.47 bits per heavy atom. The fraction of sp³-hybridized carbons (Fsp3) is 0.0400. The predicted octanol–water partition coefficient (Wildman–Crippen LogP) is 6.10. The fourth-order valence-corrected chi connectivity index (χ4v) is 3.37. The number of ether oxygens (including phenoxy) is 1. The third-order valence-corrected chi connectivity index (χ3v) is 4.85. The first-order valence-corrected chi connectivity index (χ1v) is 10.3. The second-order valence-corrected chi connectivity index (χ2v) is 7.49. The minimum absolute atomic E-state index is 0.154. The van der Waals surface area contributed by atoms with Gasteiger partial charge in [0.25, 0.3) is 5.91 Å². The number of aromatic nitrogens is 2. The van der Waals surface area contributed by atoms with Crippen LogP contribution >= 0.6 is 11.6 Å². The van der Waals surface area contributed by atoms with Gasteiger partial charge in [0.1, 0.15) is 5.75 Å². The fourth-order valence-electron chi connectivity index (χ4n) is 3.28. The van der Waals surface area contributed by atoms with Crippen LogP contribution in [0.15, 0.2) is 85.3 Å². The molecule has 0 aliphatic carbocycles. The van der Waals surface area contributed by atoms with E-state index in [9.17, 15) is 18.8 Å². The van der Waals surface area contributed by atoms with E-state index in [-0.39, 0.29) is 11.3 Å². The monoisotopic (exact) mass is 476 g/mol. The Bertz CT molecular complexity index is 1370. The van der Waals surface area contributed by atoms with E-state index >= 15 is 0 Å². The Morgan fingerprint density at radius 1 is 1.03 bits per heavy atom. The molecular formula is C25H15ClF2N4O2. The highest BCUT2D eigenvalue weighted by Gasteiger charge is 2.27. The van der Waals surface area contributed by atoms with Crippen LogP contribution < -0.4 is 10.1 Å². The van der Waals surface area contributed by atoms with Gasteiger partial charge in [-0.1, -0.05) is 24.3 Å². The number of nitrogens with one attached hydrogen (secondary N) is 1. The summed E-state index contributed by atoms with van der Waals surface area (Å²) in [4.78, 5) is 21.5. The summed E-state index contributed by atoms with van der Waals surface area (Å²) in [5.41, 5.74) is -0.269. The summed E-state index contributed by atoms with van der Waals surface area (Å²) < 4.78 is 29.8. The highest BCUT2D eigenvalue weighted by Crippen LogP contribution is 2.33. The third kappa shape index (κ3) is 5.34. The molecule has 0 radical (unpaired) electrons. The lowest BCUT2D eigenvalue weighted by Gasteiger charge is -2.13. The van der Waals surface area contributed by atoms with Crippen LogP contribution in [0, 0.1) is 11.3 Å². The van der Waals surface area contributed by atoms with Crippen molar-refractivity contribution in [2.75, 3.05) is 5.32 Å². The number of halogens is 3. The van der Waals surface area contributed by atoms with Crippen LogP contribution in [0.4, 0.5) is 14.5 Å². The number of carbonyl (C=O) groups is 1. The van der Waals surface area contributed by atoms with E-state index in [1.165, 1.54) is 30.5 Å². The van der Waals surface area contributed by atoms with Gasteiger partial charge < -0.3 is 10.1 Å². The molecule has 9 heteroatoms. The molecule has 2 heterocycles. The third-order valence-electron chi connectivity index (χ3n) is 4.77. The quantitative estimate of drug-likeness (QED) is 0.339. The SMILES string of the molecule is N#Cc1ccccc1-c1ncc(C(=O)Nc2ccc(OC(F)(F)Cl)cc2)cc1-c1cccnc1. The van der Waals surface area contributed by atoms with Crippen molar-refractivity contribution >= 4 is 23.2 Å². The van der Waals surface area contributed by atoms with Crippen molar-refractivity contribution in [1.82, 2.24) is 9.97 Å². The van der Waals surface area contributed by atoms with Gasteiger partial charge >= 0.3 is 5.57 Å². The molecule has 0 aliphatic rings. The Balaban J connectivity index is 1.67. The van der Waals surface area contributed by atoms with Crippen molar-refractivity contribution < 1.29 is 18.3 Å². The van der Waals surface area contributed by atoms with Crippen LogP contribution in [0.5, 0.6) is 5.75 Å². The lowest BCUT2D eigenvalue weighted by Crippen LogP contribution is -2.16. The van der Waals surface area contributed by atoms with Gasteiger partial charge in [-0.2, -0.15) is 5.26 Å². The average molecular weight is 477 g/mol. The van der Waals surface area contributed by atoms with Gasteiger partial charge in [-0.3, -0.25) is 14.8 Å². The number of nitrogens with zero attached hydrogens (tertiary/aromatic N) is 3. The van der Waals surface area contributed by atoms with Crippen molar-refractivity contribution in [1.29, 1.82) is 5.26 Å². The molecule has 4 rings (SSSR count). The number of anilines is 1. The molecule has 0 fully saturated rings. The first kappa shape index (κ1) is 22.8. The maximum atomic E-state index is 12.9. The maximum absolute atomic E-state index is 12.9. The number of pyridine rings is 2. The molecule has 6 nitrogen and oxygen atoms in total. The number of amides is 1. The highest BCUT2D eigenvalue weighted by atomic mass is 35.5. The molecule has 2 aromatic heterocycles. The van der Waals surface area contributed by atoms with E-state index in [0.29, 0.717) is 28.1 Å². The number of nitriles is 1. The topological polar surface area (TPSA) is 87.9 Å². The summed E-state index contributed by atoms with van der Waals surface area (Å²) in [6, 6.07) is 19.8. The molecule has 0 unspecified atom stereocenters. The molecule has 0 bridgehead atoms. The second-order valence-electron chi connectivity index (χ2n) is 7.05. The molecule has 4 aromatic rings. The van der Waals surface area contributed by atoms with Crippen molar-refractivity contribution in [3.63, 3.8) is 0 Å². The van der Waals surface area contributed by atoms with Crippen molar-refractivity contribution in [2.45, 2.75) is 5.57 Å². The lowest BCUT2D eigenvalue weighted by atomic mass is 9.96. The van der Waals surface area contributed by atoms with Crippen molar-refractivity contribution in [3.8, 4) is 34.2 Å². The number of hydrogen-bond donors (Lipinski definition) is 1. The van der Waals surface area contributed by atoms with Crippen LogP contribution in [0.3, 0.4) is 0 Å². The number of carbonyl (C=O) groups excluding carboxylic acids is 1. The van der Waals surface area contributed by atoms with Gasteiger partial charge in [0, 0.05) is 52.6 Å². The molecule has 0 spiro atoms. The van der Waals surface area contributed by atoms with Crippen molar-refractivity contribution in [3.05, 3.63) is 96.4 Å². The number of rotatable bonds is 6. The van der Waals surface area contributed by atoms with E-state index in [1.807, 2.05) is 6.07 Å². The minimum atomic E-state index is -3.83. The van der Waals surface area contributed by atoms with Crippen LogP contribution in [0.25, 0.3) is 22.4 Å². The molecule has 2 aromatic carbocycles. The Morgan fingerprint density at radius 2 is 1.79 bits per heavy atom. The molecular weight excluding hydrogens is 462 g/mol. The number of alkyl halides is 3. The number of hydrogen-bond acceptors (Lipinski definition) is 5. The zero-order valence-electron chi connectivity index (χ0n) is 17.4. The van der Waals surface area contributed by atoms with Gasteiger partial charge in [0.2, 0.25) is 0 Å². The Kier molecular flexibility index (Phi) is 6.48. The predicted molar refractivity (Wildman–Crippen MR) is 123 cm³/mol. The molecule has 168 valence electrons. The summed E-state index contributed by atoms with van der Waals surface area (Å²) in [5, 5.41) is 12.2. The zero-order chi connectivity index (χ0) is 24.1. The Labute approximate surface area is 198 Å². The van der Waals surface area contributed by atoms with E-state index < -0.39 is 11.5 Å². The summed E-state index contributed by atoms with van der Waals surface area (Å²) in [7, 11) is 0. The number of benzene rings is 2. The first-order valence-electron chi connectivity index (χ1n) is 9.91. The summed E-state index contributed by atoms with van der Waals surface area (Å²) in [6.07, 6.45) is 4.68. The molecule has 0 aliphatic heterocycles. The standard InChI is InChI=1S/C25H15ClF2N4O2/c26-25(27,28)34-20-9-7-19(8-10-20)32-24(33)18-12-22(17-5-3-11-30-14-17)23(31-15-18)21-6-2-1-4-16(21)13-29/h1-12,14-15H,(H,32,33). The average Bonchev–Trinajstić information content (AvgIpc) is 2.84. The molecule has 0 atom stereocenters. The van der Waals surface area contributed by atoms with Gasteiger partial charge in [-0.25, -0.2) is 0 Å². The smallest absolute Gasteiger partial charge is 0.420 e. The van der Waals surface area contributed by atoms with Gasteiger partial charge in [0.15, 0.2) is 0 Å². The van der Waals surface area contributed by atoms with E-state index in [0.717, 1.165) is 5.56 Å². The molecule has 1 amide bonds. The van der Waals surface area contributed by atoms with E-state index in [2.05, 4.69) is 26.1 Å². The van der Waals surface area contributed by atoms with Crippen LogP contribution in [-0.4, -0.2) is 21.4 Å². The summed E-state index contributed by atoms with van der Waals surface area (Å²) in [6.45, 7) is 0. The van der Waals surface area contributed by atoms with E-state index in [1.54, 1.807) is 48.8 Å². The molecule has 0 saturated carbocycles. The van der Waals surface area contributed by atoms with Crippen molar-refractivity contribution in [2.24, 2.45) is 0 Å². The highest BCUT2D eigenvalue weighted by molar-refractivity contribution is 6.20. The normalized spacial score (nSPS) is 10.9. The minimum Gasteiger partial charge on any atom is -0.420 e. The van der Waals surface area contributed by atoms with Crippen LogP contribution in [-0.2, 0) is 0 Å². The summed E-state index contributed by atoms with van der Waals surface area (Å²) >= 11 is 4.76. The summed E-state index contributed by atoms with van der Waals surface area (Å²) in [5.74, 6) is -0.617. The van der Waals surface area contributed by atoms with E-state index in [4.69, 9.17) is 11.6 Å². The molecule has 0 saturated heterocycles. The van der Waals surface area contributed by atoms with Gasteiger partial charge in [-0.05, 0) is 42.5 Å². The Hall–Kier alpha value is -4.35. The molecule has 1 N–H and O–H groups in total.